The molecule has 0 aromatic carbocycles. The zero-order chi connectivity index (χ0) is 15.6. The summed E-state index contributed by atoms with van der Waals surface area (Å²) in [7, 11) is 3.28. The van der Waals surface area contributed by atoms with Crippen LogP contribution in [0.1, 0.15) is 33.5 Å². The number of nitrogens with one attached hydrogen (secondary N) is 2. The molecule has 8 nitrogen and oxygen atoms in total. The van der Waals surface area contributed by atoms with Gasteiger partial charge in [-0.2, -0.15) is 10.2 Å². The smallest absolute Gasteiger partial charge is 0.273 e. The fraction of sp³-hybridized carbons (Fsp3) is 0.385. The molecule has 2 aromatic heterocycles. The highest BCUT2D eigenvalue weighted by molar-refractivity contribution is 6.08. The van der Waals surface area contributed by atoms with E-state index in [1.54, 1.807) is 29.5 Å². The summed E-state index contributed by atoms with van der Waals surface area (Å²) in [5, 5.41) is 13.4. The predicted octanol–water partition coefficient (Wildman–Crippen LogP) is 0.557. The fourth-order valence-corrected chi connectivity index (χ4v) is 1.87. The summed E-state index contributed by atoms with van der Waals surface area (Å²) < 4.78 is 3.21. The van der Waals surface area contributed by atoms with E-state index in [0.29, 0.717) is 17.8 Å². The van der Waals surface area contributed by atoms with Crippen molar-refractivity contribution in [1.29, 1.82) is 0 Å². The normalized spacial score (nSPS) is 10.5. The van der Waals surface area contributed by atoms with Crippen molar-refractivity contribution < 1.29 is 9.59 Å². The third kappa shape index (κ3) is 2.78. The minimum Gasteiger partial charge on any atom is -0.354 e. The van der Waals surface area contributed by atoms with E-state index >= 15 is 0 Å². The van der Waals surface area contributed by atoms with Gasteiger partial charge < -0.3 is 10.6 Å². The molecule has 0 unspecified atom stereocenters. The zero-order valence-electron chi connectivity index (χ0n) is 12.5. The van der Waals surface area contributed by atoms with Crippen LogP contribution in [0, 0.1) is 6.92 Å². The third-order valence-corrected chi connectivity index (χ3v) is 3.26. The second-order valence-corrected chi connectivity index (χ2v) is 4.55. The van der Waals surface area contributed by atoms with Gasteiger partial charge in [0.15, 0.2) is 5.69 Å². The van der Waals surface area contributed by atoms with E-state index in [9.17, 15) is 9.59 Å². The van der Waals surface area contributed by atoms with Gasteiger partial charge in [-0.3, -0.25) is 19.0 Å². The standard InChI is InChI=1S/C13H18N6O2/c1-5-19-7-10(11(17-19)13(21)14-3)16-12(20)9-6-15-18(4)8(9)2/h6-7H,5H2,1-4H3,(H,14,21)(H,16,20). The number of nitrogens with zero attached hydrogens (tertiary/aromatic N) is 4. The molecule has 0 saturated heterocycles. The second-order valence-electron chi connectivity index (χ2n) is 4.55. The Morgan fingerprint density at radius 2 is 2.05 bits per heavy atom. The Labute approximate surface area is 122 Å². The topological polar surface area (TPSA) is 93.8 Å². The number of amides is 2. The third-order valence-electron chi connectivity index (χ3n) is 3.26. The van der Waals surface area contributed by atoms with Crippen LogP contribution < -0.4 is 10.6 Å². The monoisotopic (exact) mass is 290 g/mol. The van der Waals surface area contributed by atoms with Crippen molar-refractivity contribution in [2.75, 3.05) is 12.4 Å². The molecule has 0 bridgehead atoms. The molecule has 8 heteroatoms. The van der Waals surface area contributed by atoms with Gasteiger partial charge in [-0.15, -0.1) is 0 Å². The van der Waals surface area contributed by atoms with Crippen molar-refractivity contribution in [3.8, 4) is 0 Å². The van der Waals surface area contributed by atoms with Crippen LogP contribution in [0.15, 0.2) is 12.4 Å². The maximum Gasteiger partial charge on any atom is 0.273 e. The summed E-state index contributed by atoms with van der Waals surface area (Å²) in [4.78, 5) is 24.1. The van der Waals surface area contributed by atoms with Gasteiger partial charge >= 0.3 is 0 Å². The van der Waals surface area contributed by atoms with Crippen LogP contribution in [0.3, 0.4) is 0 Å². The first kappa shape index (κ1) is 14.8. The number of carbonyl (C=O) groups is 2. The molecule has 2 amide bonds. The number of aromatic nitrogens is 4. The molecule has 0 aliphatic rings. The summed E-state index contributed by atoms with van der Waals surface area (Å²) in [5.74, 6) is -0.665. The zero-order valence-corrected chi connectivity index (χ0v) is 12.5. The number of carbonyl (C=O) groups excluding carboxylic acids is 2. The molecule has 0 atom stereocenters. The summed E-state index contributed by atoms with van der Waals surface area (Å²) in [5.41, 5.74) is 1.78. The lowest BCUT2D eigenvalue weighted by Gasteiger charge is -2.04. The molecule has 0 fully saturated rings. The molecular weight excluding hydrogens is 272 g/mol. The summed E-state index contributed by atoms with van der Waals surface area (Å²) in [6, 6.07) is 0. The van der Waals surface area contributed by atoms with Crippen LogP contribution in [0.4, 0.5) is 5.69 Å². The van der Waals surface area contributed by atoms with Gasteiger partial charge in [0.2, 0.25) is 0 Å². The molecule has 21 heavy (non-hydrogen) atoms. The SMILES string of the molecule is CCn1cc(NC(=O)c2cnn(C)c2C)c(C(=O)NC)n1. The largest absolute Gasteiger partial charge is 0.354 e. The van der Waals surface area contributed by atoms with Crippen molar-refractivity contribution in [2.24, 2.45) is 7.05 Å². The van der Waals surface area contributed by atoms with Gasteiger partial charge in [-0.05, 0) is 13.8 Å². The Morgan fingerprint density at radius 3 is 2.57 bits per heavy atom. The minimum absolute atomic E-state index is 0.189. The van der Waals surface area contributed by atoms with Gasteiger partial charge in [-0.25, -0.2) is 0 Å². The molecule has 2 rings (SSSR count). The molecule has 0 saturated carbocycles. The van der Waals surface area contributed by atoms with E-state index < -0.39 is 0 Å². The van der Waals surface area contributed by atoms with Crippen molar-refractivity contribution >= 4 is 17.5 Å². The Balaban J connectivity index is 2.30. The predicted molar refractivity (Wildman–Crippen MR) is 77.2 cm³/mol. The summed E-state index contributed by atoms with van der Waals surface area (Å²) >= 11 is 0. The van der Waals surface area contributed by atoms with Crippen molar-refractivity contribution in [1.82, 2.24) is 24.9 Å². The minimum atomic E-state index is -0.347. The summed E-state index contributed by atoms with van der Waals surface area (Å²) in [6.45, 7) is 4.31. The van der Waals surface area contributed by atoms with Crippen molar-refractivity contribution in [3.63, 3.8) is 0 Å². The molecule has 112 valence electrons. The Hall–Kier alpha value is -2.64. The molecule has 0 radical (unpaired) electrons. The van der Waals surface area contributed by atoms with Gasteiger partial charge in [-0.1, -0.05) is 0 Å². The van der Waals surface area contributed by atoms with E-state index in [1.165, 1.54) is 13.2 Å². The molecule has 2 heterocycles. The van der Waals surface area contributed by atoms with Gasteiger partial charge in [0.1, 0.15) is 0 Å². The van der Waals surface area contributed by atoms with E-state index in [-0.39, 0.29) is 17.5 Å². The van der Waals surface area contributed by atoms with E-state index in [0.717, 1.165) is 5.69 Å². The molecule has 0 aliphatic carbocycles. The highest BCUT2D eigenvalue weighted by atomic mass is 16.2. The van der Waals surface area contributed by atoms with Gasteiger partial charge in [0, 0.05) is 32.5 Å². The number of hydrogen-bond donors (Lipinski definition) is 2. The first-order valence-electron chi connectivity index (χ1n) is 6.57. The lowest BCUT2D eigenvalue weighted by atomic mass is 10.2. The Bertz CT molecular complexity index is 685. The fourth-order valence-electron chi connectivity index (χ4n) is 1.87. The molecule has 0 spiro atoms. The van der Waals surface area contributed by atoms with Crippen LogP contribution in [-0.4, -0.2) is 38.4 Å². The maximum absolute atomic E-state index is 12.3. The average Bonchev–Trinajstić information content (AvgIpc) is 3.03. The average molecular weight is 290 g/mol. The molecule has 0 aliphatic heterocycles. The Morgan fingerprint density at radius 1 is 1.33 bits per heavy atom. The van der Waals surface area contributed by atoms with Crippen LogP contribution in [0.5, 0.6) is 0 Å². The molecule has 2 N–H and O–H groups in total. The van der Waals surface area contributed by atoms with Crippen LogP contribution in [-0.2, 0) is 13.6 Å². The first-order valence-corrected chi connectivity index (χ1v) is 6.57. The lowest BCUT2D eigenvalue weighted by molar-refractivity contribution is 0.0958. The second kappa shape index (κ2) is 5.78. The lowest BCUT2D eigenvalue weighted by Crippen LogP contribution is -2.21. The van der Waals surface area contributed by atoms with Crippen LogP contribution in [0.25, 0.3) is 0 Å². The number of rotatable bonds is 4. The number of anilines is 1. The molecule has 2 aromatic rings. The number of aryl methyl sites for hydroxylation is 2. The van der Waals surface area contributed by atoms with Gasteiger partial charge in [0.25, 0.3) is 11.8 Å². The maximum atomic E-state index is 12.3. The highest BCUT2D eigenvalue weighted by Gasteiger charge is 2.19. The van der Waals surface area contributed by atoms with Crippen molar-refractivity contribution in [3.05, 3.63) is 29.3 Å². The first-order chi connectivity index (χ1) is 9.97. The Kier molecular flexibility index (Phi) is 4.06. The summed E-state index contributed by atoms with van der Waals surface area (Å²) in [6.07, 6.45) is 3.13. The van der Waals surface area contributed by atoms with E-state index in [1.807, 2.05) is 6.92 Å². The highest BCUT2D eigenvalue weighted by Crippen LogP contribution is 2.16. The van der Waals surface area contributed by atoms with E-state index in [2.05, 4.69) is 20.8 Å². The molecular formula is C13H18N6O2. The van der Waals surface area contributed by atoms with Crippen LogP contribution >= 0.6 is 0 Å². The van der Waals surface area contributed by atoms with Crippen LogP contribution in [0.2, 0.25) is 0 Å². The van der Waals surface area contributed by atoms with Gasteiger partial charge in [0.05, 0.1) is 17.4 Å². The quantitative estimate of drug-likeness (QED) is 0.860. The number of hydrogen-bond acceptors (Lipinski definition) is 4. The van der Waals surface area contributed by atoms with Crippen molar-refractivity contribution in [2.45, 2.75) is 20.4 Å². The van der Waals surface area contributed by atoms with E-state index in [4.69, 9.17) is 0 Å².